The largest absolute Gasteiger partial charge is 0.370 e. The molecule has 0 heterocycles. The van der Waals surface area contributed by atoms with E-state index < -0.39 is 0 Å². The molecule has 0 aromatic rings. The predicted octanol–water partition coefficient (Wildman–Crippen LogP) is 4.35. The van der Waals surface area contributed by atoms with Crippen LogP contribution in [-0.4, -0.2) is 12.0 Å². The maximum atomic E-state index is 5.52. The second-order valence-corrected chi connectivity index (χ2v) is 5.61. The summed E-state index contributed by atoms with van der Waals surface area (Å²) in [6, 6.07) is 0.355. The van der Waals surface area contributed by atoms with Gasteiger partial charge in [0.15, 0.2) is 5.96 Å². The number of nitrogens with two attached hydrogens (primary N) is 2. The summed E-state index contributed by atoms with van der Waals surface area (Å²) in [4.78, 5) is 4.38. The Hall–Kier alpha value is -0.730. The average Bonchev–Trinajstić information content (AvgIpc) is 2.37. The van der Waals surface area contributed by atoms with Crippen LogP contribution in [0.1, 0.15) is 90.9 Å². The number of guanidine groups is 1. The molecule has 3 nitrogen and oxygen atoms in total. The molecule has 0 saturated heterocycles. The van der Waals surface area contributed by atoms with Crippen LogP contribution in [0.5, 0.6) is 0 Å². The van der Waals surface area contributed by atoms with Gasteiger partial charge in [-0.25, -0.2) is 0 Å². The van der Waals surface area contributed by atoms with Gasteiger partial charge in [-0.05, 0) is 12.8 Å². The Kier molecular flexibility index (Phi) is 13.2. The normalized spacial score (nSPS) is 10.9. The molecule has 0 atom stereocenters. The standard InChI is InChI=1S/C16H35N3/c1-3-5-7-9-11-13-15(19-16(17)18)14-12-10-8-6-4-2/h15H,3-14H2,1-2H3,(H4,17,18,19). The fourth-order valence-electron chi connectivity index (χ4n) is 2.45. The average molecular weight is 269 g/mol. The molecule has 0 rings (SSSR count). The molecule has 0 bridgehead atoms. The Labute approximate surface area is 120 Å². The molecular formula is C16H35N3. The van der Waals surface area contributed by atoms with Crippen molar-refractivity contribution in [2.24, 2.45) is 16.5 Å². The molecule has 0 unspecified atom stereocenters. The lowest BCUT2D eigenvalue weighted by molar-refractivity contribution is 0.488. The monoisotopic (exact) mass is 269 g/mol. The van der Waals surface area contributed by atoms with Gasteiger partial charge in [0.2, 0.25) is 0 Å². The van der Waals surface area contributed by atoms with Crippen LogP contribution in [0, 0.1) is 0 Å². The van der Waals surface area contributed by atoms with E-state index >= 15 is 0 Å². The summed E-state index contributed by atoms with van der Waals surface area (Å²) in [7, 11) is 0. The fraction of sp³-hybridized carbons (Fsp3) is 0.938. The van der Waals surface area contributed by atoms with Gasteiger partial charge < -0.3 is 11.5 Å². The Balaban J connectivity index is 3.73. The molecule has 0 amide bonds. The molecule has 0 aliphatic rings. The van der Waals surface area contributed by atoms with Crippen LogP contribution in [0.25, 0.3) is 0 Å². The predicted molar refractivity (Wildman–Crippen MR) is 86.3 cm³/mol. The molecule has 0 radical (unpaired) electrons. The van der Waals surface area contributed by atoms with E-state index in [0.717, 1.165) is 12.8 Å². The van der Waals surface area contributed by atoms with Crippen molar-refractivity contribution in [2.75, 3.05) is 0 Å². The lowest BCUT2D eigenvalue weighted by atomic mass is 10.0. The summed E-state index contributed by atoms with van der Waals surface area (Å²) in [5.41, 5.74) is 11.0. The molecule has 4 N–H and O–H groups in total. The van der Waals surface area contributed by atoms with Gasteiger partial charge in [0.1, 0.15) is 0 Å². The lowest BCUT2D eigenvalue weighted by Gasteiger charge is -2.12. The first-order valence-corrected chi connectivity index (χ1v) is 8.29. The summed E-state index contributed by atoms with van der Waals surface area (Å²) in [6.07, 6.45) is 15.5. The van der Waals surface area contributed by atoms with Gasteiger partial charge in [-0.15, -0.1) is 0 Å². The summed E-state index contributed by atoms with van der Waals surface area (Å²) in [5, 5.41) is 0. The van der Waals surface area contributed by atoms with Crippen molar-refractivity contribution in [1.82, 2.24) is 0 Å². The molecule has 3 heteroatoms. The summed E-state index contributed by atoms with van der Waals surface area (Å²) < 4.78 is 0. The zero-order valence-electron chi connectivity index (χ0n) is 13.2. The highest BCUT2D eigenvalue weighted by molar-refractivity contribution is 5.75. The second kappa shape index (κ2) is 13.7. The van der Waals surface area contributed by atoms with Gasteiger partial charge >= 0.3 is 0 Å². The highest BCUT2D eigenvalue weighted by Crippen LogP contribution is 2.15. The smallest absolute Gasteiger partial charge is 0.186 e. The number of hydrogen-bond acceptors (Lipinski definition) is 1. The van der Waals surface area contributed by atoms with Crippen LogP contribution in [0.3, 0.4) is 0 Å². The highest BCUT2D eigenvalue weighted by Gasteiger charge is 2.07. The maximum absolute atomic E-state index is 5.52. The van der Waals surface area contributed by atoms with E-state index in [0.29, 0.717) is 6.04 Å². The number of unbranched alkanes of at least 4 members (excludes halogenated alkanes) is 8. The van der Waals surface area contributed by atoms with Crippen molar-refractivity contribution in [1.29, 1.82) is 0 Å². The number of hydrogen-bond donors (Lipinski definition) is 2. The molecular weight excluding hydrogens is 234 g/mol. The van der Waals surface area contributed by atoms with E-state index in [-0.39, 0.29) is 5.96 Å². The summed E-state index contributed by atoms with van der Waals surface area (Å²) >= 11 is 0. The van der Waals surface area contributed by atoms with Gasteiger partial charge in [0.05, 0.1) is 6.04 Å². The quantitative estimate of drug-likeness (QED) is 0.296. The molecule has 19 heavy (non-hydrogen) atoms. The van der Waals surface area contributed by atoms with Crippen molar-refractivity contribution < 1.29 is 0 Å². The minimum atomic E-state index is 0.257. The van der Waals surface area contributed by atoms with E-state index in [1.165, 1.54) is 64.2 Å². The molecule has 0 aromatic heterocycles. The first-order valence-electron chi connectivity index (χ1n) is 8.29. The van der Waals surface area contributed by atoms with Crippen molar-refractivity contribution in [3.63, 3.8) is 0 Å². The molecule has 0 aliphatic heterocycles. The third-order valence-electron chi connectivity index (χ3n) is 3.61. The van der Waals surface area contributed by atoms with Crippen molar-refractivity contribution in [3.05, 3.63) is 0 Å². The minimum Gasteiger partial charge on any atom is -0.370 e. The van der Waals surface area contributed by atoms with E-state index in [4.69, 9.17) is 11.5 Å². The van der Waals surface area contributed by atoms with Gasteiger partial charge in [0.25, 0.3) is 0 Å². The first-order chi connectivity index (χ1) is 9.20. The van der Waals surface area contributed by atoms with Gasteiger partial charge in [-0.2, -0.15) is 0 Å². The molecule has 0 aromatic carbocycles. The van der Waals surface area contributed by atoms with Crippen LogP contribution >= 0.6 is 0 Å². The fourth-order valence-corrected chi connectivity index (χ4v) is 2.45. The lowest BCUT2D eigenvalue weighted by Crippen LogP contribution is -2.25. The molecule has 114 valence electrons. The SMILES string of the molecule is CCCCCCCC(CCCCCCC)N=C(N)N. The topological polar surface area (TPSA) is 64.4 Å². The summed E-state index contributed by atoms with van der Waals surface area (Å²) in [5.74, 6) is 0.257. The van der Waals surface area contributed by atoms with Gasteiger partial charge in [0, 0.05) is 0 Å². The third kappa shape index (κ3) is 13.5. The third-order valence-corrected chi connectivity index (χ3v) is 3.61. The van der Waals surface area contributed by atoms with Crippen LogP contribution in [-0.2, 0) is 0 Å². The molecule has 0 fully saturated rings. The van der Waals surface area contributed by atoms with Crippen LogP contribution < -0.4 is 11.5 Å². The Morgan fingerprint density at radius 3 is 1.53 bits per heavy atom. The zero-order valence-corrected chi connectivity index (χ0v) is 13.2. The zero-order chi connectivity index (χ0) is 14.3. The summed E-state index contributed by atoms with van der Waals surface area (Å²) in [6.45, 7) is 4.50. The number of nitrogens with zero attached hydrogens (tertiary/aromatic N) is 1. The highest BCUT2D eigenvalue weighted by atomic mass is 15.0. The number of rotatable bonds is 13. The molecule has 0 saturated carbocycles. The Morgan fingerprint density at radius 1 is 0.737 bits per heavy atom. The number of aliphatic imine (C=N–C) groups is 1. The minimum absolute atomic E-state index is 0.257. The van der Waals surface area contributed by atoms with Gasteiger partial charge in [-0.1, -0.05) is 78.1 Å². The van der Waals surface area contributed by atoms with Crippen LogP contribution in [0.4, 0.5) is 0 Å². The van der Waals surface area contributed by atoms with E-state index in [9.17, 15) is 0 Å². The van der Waals surface area contributed by atoms with Crippen molar-refractivity contribution >= 4 is 5.96 Å². The Morgan fingerprint density at radius 2 is 1.16 bits per heavy atom. The first kappa shape index (κ1) is 18.3. The van der Waals surface area contributed by atoms with E-state index in [1.807, 2.05) is 0 Å². The van der Waals surface area contributed by atoms with Crippen LogP contribution in [0.15, 0.2) is 4.99 Å². The van der Waals surface area contributed by atoms with Crippen molar-refractivity contribution in [3.8, 4) is 0 Å². The van der Waals surface area contributed by atoms with Gasteiger partial charge in [-0.3, -0.25) is 4.99 Å². The van der Waals surface area contributed by atoms with Crippen LogP contribution in [0.2, 0.25) is 0 Å². The second-order valence-electron chi connectivity index (χ2n) is 5.61. The van der Waals surface area contributed by atoms with E-state index in [1.54, 1.807) is 0 Å². The Bertz CT molecular complexity index is 196. The maximum Gasteiger partial charge on any atom is 0.186 e. The molecule has 0 aliphatic carbocycles. The van der Waals surface area contributed by atoms with E-state index in [2.05, 4.69) is 18.8 Å². The molecule has 0 spiro atoms. The van der Waals surface area contributed by atoms with Crippen molar-refractivity contribution in [2.45, 2.75) is 96.9 Å².